The van der Waals surface area contributed by atoms with Crippen molar-refractivity contribution < 1.29 is 19.5 Å². The third-order valence-corrected chi connectivity index (χ3v) is 3.63. The third-order valence-electron chi connectivity index (χ3n) is 3.39. The number of rotatable bonds is 5. The molecule has 2 aromatic rings. The average Bonchev–Trinajstić information content (AvgIpc) is 2.81. The molecule has 1 aromatic carbocycles. The number of amides is 2. The van der Waals surface area contributed by atoms with E-state index >= 15 is 0 Å². The van der Waals surface area contributed by atoms with Crippen molar-refractivity contribution in [3.63, 3.8) is 0 Å². The summed E-state index contributed by atoms with van der Waals surface area (Å²) in [5.41, 5.74) is 1.21. The minimum Gasteiger partial charge on any atom is -0.480 e. The van der Waals surface area contributed by atoms with Crippen LogP contribution in [-0.4, -0.2) is 40.0 Å². The molecule has 0 spiro atoms. The van der Waals surface area contributed by atoms with E-state index in [1.807, 2.05) is 0 Å². The molecule has 0 radical (unpaired) electrons. The minimum absolute atomic E-state index is 0.375. The normalized spacial score (nSPS) is 12.0. The Hall–Kier alpha value is -2.54. The molecular formula is C15H16ClN3O4. The Bertz CT molecular complexity index is 784. The lowest BCUT2D eigenvalue weighted by Crippen LogP contribution is -2.46. The molecule has 1 heterocycles. The lowest BCUT2D eigenvalue weighted by Gasteiger charge is -2.13. The number of hydrogen-bond donors (Lipinski definition) is 3. The highest BCUT2D eigenvalue weighted by atomic mass is 35.5. The van der Waals surface area contributed by atoms with Gasteiger partial charge in [0.15, 0.2) is 0 Å². The van der Waals surface area contributed by atoms with Crippen LogP contribution in [0.3, 0.4) is 0 Å². The Balaban J connectivity index is 2.13. The van der Waals surface area contributed by atoms with Crippen molar-refractivity contribution in [1.82, 2.24) is 15.2 Å². The average molecular weight is 338 g/mol. The molecule has 122 valence electrons. The molecule has 3 N–H and O–H groups in total. The summed E-state index contributed by atoms with van der Waals surface area (Å²) >= 11 is 5.94. The molecule has 0 fully saturated rings. The first kappa shape index (κ1) is 16.8. The van der Waals surface area contributed by atoms with Crippen molar-refractivity contribution in [2.45, 2.75) is 13.0 Å². The first-order chi connectivity index (χ1) is 10.8. The number of carbonyl (C=O) groups is 3. The molecule has 0 aliphatic heterocycles. The van der Waals surface area contributed by atoms with Gasteiger partial charge in [-0.05, 0) is 31.2 Å². The van der Waals surface area contributed by atoms with E-state index in [0.29, 0.717) is 10.7 Å². The molecule has 0 aliphatic rings. The first-order valence-electron chi connectivity index (χ1n) is 6.85. The Morgan fingerprint density at radius 2 is 2.00 bits per heavy atom. The van der Waals surface area contributed by atoms with Gasteiger partial charge < -0.3 is 20.3 Å². The zero-order chi connectivity index (χ0) is 17.1. The zero-order valence-electron chi connectivity index (χ0n) is 12.6. The molecule has 0 saturated carbocycles. The molecule has 23 heavy (non-hydrogen) atoms. The maximum Gasteiger partial charge on any atom is 0.322 e. The van der Waals surface area contributed by atoms with Crippen LogP contribution in [0.25, 0.3) is 10.9 Å². The summed E-state index contributed by atoms with van der Waals surface area (Å²) in [6, 6.07) is 6.10. The number of aromatic nitrogens is 1. The van der Waals surface area contributed by atoms with Crippen molar-refractivity contribution >= 4 is 40.3 Å². The Kier molecular flexibility index (Phi) is 4.90. The minimum atomic E-state index is -1.15. The van der Waals surface area contributed by atoms with E-state index in [4.69, 9.17) is 16.7 Å². The van der Waals surface area contributed by atoms with E-state index in [-0.39, 0.29) is 0 Å². The maximum atomic E-state index is 12.3. The summed E-state index contributed by atoms with van der Waals surface area (Å²) in [4.78, 5) is 34.4. The number of aryl methyl sites for hydroxylation is 1. The van der Waals surface area contributed by atoms with Crippen LogP contribution in [0.5, 0.6) is 0 Å². The summed E-state index contributed by atoms with van der Waals surface area (Å²) in [7, 11) is 1.74. The van der Waals surface area contributed by atoms with Crippen molar-refractivity contribution in [1.29, 1.82) is 0 Å². The highest BCUT2D eigenvalue weighted by Crippen LogP contribution is 2.22. The lowest BCUT2D eigenvalue weighted by molar-refractivity contribution is -0.138. The summed E-state index contributed by atoms with van der Waals surface area (Å²) in [5, 5.41) is 14.7. The molecule has 2 rings (SSSR count). The van der Waals surface area contributed by atoms with Gasteiger partial charge in [0.1, 0.15) is 18.3 Å². The molecule has 7 nitrogen and oxygen atoms in total. The Morgan fingerprint density at radius 1 is 1.30 bits per heavy atom. The van der Waals surface area contributed by atoms with Gasteiger partial charge in [-0.1, -0.05) is 11.6 Å². The molecular weight excluding hydrogens is 322 g/mol. The fourth-order valence-electron chi connectivity index (χ4n) is 2.19. The molecule has 1 unspecified atom stereocenters. The predicted octanol–water partition coefficient (Wildman–Crippen LogP) is 1.15. The second kappa shape index (κ2) is 6.70. The molecule has 2 amide bonds. The van der Waals surface area contributed by atoms with Crippen LogP contribution >= 0.6 is 11.6 Å². The second-order valence-electron chi connectivity index (χ2n) is 5.10. The standard InChI is InChI=1S/C15H16ClN3O4/c1-8(14(22)17-7-13(20)21)18-15(23)12-6-9-5-10(16)3-4-11(9)19(12)2/h3-6,8H,7H2,1-2H3,(H,17,22)(H,18,23)(H,20,21). The van der Waals surface area contributed by atoms with Crippen LogP contribution in [0, 0.1) is 0 Å². The molecule has 0 aliphatic carbocycles. The number of nitrogens with zero attached hydrogens (tertiary/aromatic N) is 1. The molecule has 1 atom stereocenters. The highest BCUT2D eigenvalue weighted by Gasteiger charge is 2.19. The van der Waals surface area contributed by atoms with Crippen LogP contribution in [-0.2, 0) is 16.6 Å². The van der Waals surface area contributed by atoms with Crippen LogP contribution in [0.4, 0.5) is 0 Å². The number of fused-ring (bicyclic) bond motifs is 1. The number of hydrogen-bond acceptors (Lipinski definition) is 3. The van der Waals surface area contributed by atoms with E-state index in [1.54, 1.807) is 35.9 Å². The van der Waals surface area contributed by atoms with E-state index in [1.165, 1.54) is 6.92 Å². The van der Waals surface area contributed by atoms with Gasteiger partial charge in [-0.2, -0.15) is 0 Å². The van der Waals surface area contributed by atoms with Crippen LogP contribution in [0.1, 0.15) is 17.4 Å². The summed E-state index contributed by atoms with van der Waals surface area (Å²) < 4.78 is 1.70. The SMILES string of the molecule is CC(NC(=O)c1cc2cc(Cl)ccc2n1C)C(=O)NCC(=O)O. The van der Waals surface area contributed by atoms with Gasteiger partial charge in [0.05, 0.1) is 0 Å². The van der Waals surface area contributed by atoms with Crippen LogP contribution in [0.2, 0.25) is 5.02 Å². The van der Waals surface area contributed by atoms with Crippen molar-refractivity contribution in [2.75, 3.05) is 6.54 Å². The Labute approximate surface area is 137 Å². The fourth-order valence-corrected chi connectivity index (χ4v) is 2.37. The van der Waals surface area contributed by atoms with Crippen LogP contribution in [0.15, 0.2) is 24.3 Å². The fraction of sp³-hybridized carbons (Fsp3) is 0.267. The van der Waals surface area contributed by atoms with E-state index < -0.39 is 30.4 Å². The Morgan fingerprint density at radius 3 is 2.65 bits per heavy atom. The number of nitrogens with one attached hydrogen (secondary N) is 2. The number of carboxylic acids is 1. The van der Waals surface area contributed by atoms with Gasteiger partial charge in [-0.15, -0.1) is 0 Å². The predicted molar refractivity (Wildman–Crippen MR) is 85.5 cm³/mol. The quantitative estimate of drug-likeness (QED) is 0.762. The number of benzene rings is 1. The molecule has 8 heteroatoms. The molecule has 0 bridgehead atoms. The molecule has 0 saturated heterocycles. The largest absolute Gasteiger partial charge is 0.480 e. The number of carbonyl (C=O) groups excluding carboxylic acids is 2. The van der Waals surface area contributed by atoms with Gasteiger partial charge in [-0.25, -0.2) is 0 Å². The summed E-state index contributed by atoms with van der Waals surface area (Å²) in [6.07, 6.45) is 0. The number of aliphatic carboxylic acids is 1. The maximum absolute atomic E-state index is 12.3. The van der Waals surface area contributed by atoms with Gasteiger partial charge in [-0.3, -0.25) is 14.4 Å². The highest BCUT2D eigenvalue weighted by molar-refractivity contribution is 6.31. The monoisotopic (exact) mass is 337 g/mol. The van der Waals surface area contributed by atoms with Gasteiger partial charge in [0.2, 0.25) is 5.91 Å². The van der Waals surface area contributed by atoms with E-state index in [0.717, 1.165) is 10.9 Å². The number of carboxylic acid groups (broad SMARTS) is 1. The van der Waals surface area contributed by atoms with Crippen molar-refractivity contribution in [3.05, 3.63) is 35.0 Å². The summed E-state index contributed by atoms with van der Waals surface area (Å²) in [5.74, 6) is -2.15. The number of halogens is 1. The summed E-state index contributed by atoms with van der Waals surface area (Å²) in [6.45, 7) is 0.986. The van der Waals surface area contributed by atoms with Crippen LogP contribution < -0.4 is 10.6 Å². The van der Waals surface area contributed by atoms with Gasteiger partial charge in [0, 0.05) is 23.0 Å². The lowest BCUT2D eigenvalue weighted by atomic mass is 10.2. The smallest absolute Gasteiger partial charge is 0.322 e. The third kappa shape index (κ3) is 3.81. The molecule has 1 aromatic heterocycles. The van der Waals surface area contributed by atoms with E-state index in [2.05, 4.69) is 10.6 Å². The topological polar surface area (TPSA) is 100 Å². The van der Waals surface area contributed by atoms with E-state index in [9.17, 15) is 14.4 Å². The van der Waals surface area contributed by atoms with Crippen molar-refractivity contribution in [2.24, 2.45) is 7.05 Å². The zero-order valence-corrected chi connectivity index (χ0v) is 13.3. The van der Waals surface area contributed by atoms with Crippen molar-refractivity contribution in [3.8, 4) is 0 Å². The van der Waals surface area contributed by atoms with Gasteiger partial charge in [0.25, 0.3) is 5.91 Å². The second-order valence-corrected chi connectivity index (χ2v) is 5.53. The van der Waals surface area contributed by atoms with Gasteiger partial charge >= 0.3 is 5.97 Å². The first-order valence-corrected chi connectivity index (χ1v) is 7.22.